The summed E-state index contributed by atoms with van der Waals surface area (Å²) < 4.78 is 11.5. The van der Waals surface area contributed by atoms with E-state index in [0.717, 1.165) is 67.2 Å². The van der Waals surface area contributed by atoms with E-state index in [-0.39, 0.29) is 53.2 Å². The lowest BCUT2D eigenvalue weighted by Gasteiger charge is -2.33. The number of hydrogen-bond donors (Lipinski definition) is 0. The molecule has 3 aliphatic rings. The molecule has 17 nitrogen and oxygen atoms in total. The molecule has 3 aliphatic heterocycles. The highest BCUT2D eigenvalue weighted by Crippen LogP contribution is 2.31. The first-order chi connectivity index (χ1) is 49.0. The van der Waals surface area contributed by atoms with Crippen molar-refractivity contribution < 1.29 is 33.5 Å². The third-order valence-corrected chi connectivity index (χ3v) is 19.9. The maximum Gasteiger partial charge on any atom is 0.270 e. The number of carbonyl (C=O) groups excluding carboxylic acids is 6. The summed E-state index contributed by atoms with van der Waals surface area (Å²) in [6.07, 6.45) is 4.16. The van der Waals surface area contributed by atoms with Crippen LogP contribution in [0.2, 0.25) is 0 Å². The Hall–Kier alpha value is -10.6. The van der Waals surface area contributed by atoms with E-state index >= 15 is 0 Å². The van der Waals surface area contributed by atoms with Gasteiger partial charge in [-0.05, 0) is 103 Å². The van der Waals surface area contributed by atoms with Crippen molar-refractivity contribution in [3.8, 4) is 0 Å². The van der Waals surface area contributed by atoms with Gasteiger partial charge in [0.2, 0.25) is 17.7 Å². The molecule has 6 amide bonds. The fourth-order valence-electron chi connectivity index (χ4n) is 14.4. The van der Waals surface area contributed by atoms with Gasteiger partial charge in [0.05, 0.1) is 13.2 Å². The van der Waals surface area contributed by atoms with Crippen LogP contribution in [0, 0.1) is 30.2 Å². The molecule has 6 heterocycles. The molecule has 0 bridgehead atoms. The number of hydrogen-bond acceptors (Lipinski definition) is 7. The van der Waals surface area contributed by atoms with Gasteiger partial charge in [-0.1, -0.05) is 184 Å². The first-order valence-electron chi connectivity index (χ1n) is 35.5. The first-order valence-corrected chi connectivity index (χ1v) is 35.5. The Balaban J connectivity index is 0.000000153. The molecule has 0 radical (unpaired) electrons. The van der Waals surface area contributed by atoms with Gasteiger partial charge in [0.25, 0.3) is 17.7 Å². The van der Waals surface area contributed by atoms with Crippen molar-refractivity contribution in [1.82, 2.24) is 43.1 Å². The Bertz CT molecular complexity index is 4490. The second kappa shape index (κ2) is 34.0. The molecule has 522 valence electrons. The summed E-state index contributed by atoms with van der Waals surface area (Å²) in [6, 6.07) is 67.8. The molecule has 101 heavy (non-hydrogen) atoms. The molecule has 3 fully saturated rings. The molecule has 0 aliphatic carbocycles. The largest absolute Gasteiger partial charge is 0.383 e. The molecule has 17 heteroatoms. The van der Waals surface area contributed by atoms with Gasteiger partial charge in [0, 0.05) is 157 Å². The number of aromatic nitrogens is 3. The van der Waals surface area contributed by atoms with Gasteiger partial charge in [-0.25, -0.2) is 4.85 Å². The van der Waals surface area contributed by atoms with Crippen LogP contribution in [0.4, 0.5) is 5.69 Å². The van der Waals surface area contributed by atoms with E-state index in [1.165, 1.54) is 0 Å². The quantitative estimate of drug-likeness (QED) is 0.0731. The number of ether oxygens (including phenoxy) is 1. The number of rotatable bonds is 19. The Labute approximate surface area is 593 Å². The lowest BCUT2D eigenvalue weighted by Crippen LogP contribution is -2.43. The van der Waals surface area contributed by atoms with Crippen molar-refractivity contribution in [2.45, 2.75) is 91.6 Å². The van der Waals surface area contributed by atoms with Gasteiger partial charge >= 0.3 is 0 Å². The number of fused-ring (bicyclic) bond motifs is 3. The monoisotopic (exact) mass is 1350 g/mol. The van der Waals surface area contributed by atoms with E-state index < -0.39 is 0 Å². The third-order valence-electron chi connectivity index (χ3n) is 19.9. The molecule has 3 aromatic heterocycles. The van der Waals surface area contributed by atoms with E-state index in [1.54, 1.807) is 16.9 Å². The number of amides is 6. The van der Waals surface area contributed by atoms with Gasteiger partial charge in [-0.3, -0.25) is 28.8 Å². The van der Waals surface area contributed by atoms with Crippen molar-refractivity contribution >= 4 is 73.8 Å². The van der Waals surface area contributed by atoms with Gasteiger partial charge in [-0.15, -0.1) is 0 Å². The summed E-state index contributed by atoms with van der Waals surface area (Å²) in [7, 11) is 7.26. The van der Waals surface area contributed by atoms with Gasteiger partial charge in [-0.2, -0.15) is 0 Å². The number of likely N-dealkylation sites (tertiary alicyclic amines) is 3. The fraction of sp³-hybridized carbons (Fsp3) is 0.345. The molecular weight excluding hydrogens is 1260 g/mol. The smallest absolute Gasteiger partial charge is 0.270 e. The highest BCUT2D eigenvalue weighted by atomic mass is 16.5. The maximum atomic E-state index is 13.7. The molecule has 0 atom stereocenters. The standard InChI is InChI=1S/C31H30N4O2.C27H33N3O2.C26H31N3O3/c1-32-27-14-12-24(13-15-27)22-35-28-11-7-6-10-26(28)20-29(35)31(37)34-18-16-25(17-19-34)30(36)33(2)21-23-8-4-3-5-9-23;1-20(2)18-30-24-12-8-7-11-23(24)17-25(30)27(32)29-15-13-22(14-16-29)26(31)28(3)19-21-9-5-4-6-10-21;1-27(19-20-8-4-3-5-9-20)25(30)21-12-14-28(15-13-21)26(31)24-18-22-10-6-7-11-23(22)29(24)16-17-32-2/h3-15,20,25H,16-19,21-22H2,2H3;4-12,17,20,22H,13-16,18-19H2,1-3H3;3-11,18,21H,12-17,19H2,1-2H3. The zero-order valence-corrected chi connectivity index (χ0v) is 59.2. The van der Waals surface area contributed by atoms with Crippen LogP contribution in [0.5, 0.6) is 0 Å². The average molecular weight is 1360 g/mol. The maximum absolute atomic E-state index is 13.7. The Morgan fingerprint density at radius 2 is 0.743 bits per heavy atom. The van der Waals surface area contributed by atoms with E-state index in [4.69, 9.17) is 11.3 Å². The molecular formula is C84H94N10O7. The highest BCUT2D eigenvalue weighted by molar-refractivity contribution is 6.01. The van der Waals surface area contributed by atoms with Crippen LogP contribution in [-0.2, 0) is 58.4 Å². The van der Waals surface area contributed by atoms with Crippen LogP contribution < -0.4 is 0 Å². The number of methoxy groups -OCH3 is 1. The topological polar surface area (TPSA) is 150 Å². The second-order valence-electron chi connectivity index (χ2n) is 27.5. The molecule has 3 saturated heterocycles. The van der Waals surface area contributed by atoms with E-state index in [9.17, 15) is 28.8 Å². The van der Waals surface area contributed by atoms with Crippen LogP contribution in [0.1, 0.15) is 106 Å². The summed E-state index contributed by atoms with van der Waals surface area (Å²) in [5.41, 5.74) is 10.3. The average Bonchev–Trinajstić information content (AvgIpc) is 1.66. The number of benzene rings is 7. The number of nitrogens with zero attached hydrogens (tertiary/aromatic N) is 10. The van der Waals surface area contributed by atoms with Crippen LogP contribution in [0.3, 0.4) is 0 Å². The SMILES string of the molecule is CC(C)Cn1c(C(=O)N2CCC(C(=O)N(C)Cc3ccccc3)CC2)cc2ccccc21.COCCn1c(C(=O)N2CCC(C(=O)N(C)Cc3ccccc3)CC2)cc2ccccc21.[C-]#[N+]c1ccc(Cn2c(C(=O)N3CCC(C(=O)N(C)Cc4ccccc4)CC3)cc3ccccc32)cc1. The highest BCUT2D eigenvalue weighted by Gasteiger charge is 2.35. The Morgan fingerprint density at radius 1 is 0.426 bits per heavy atom. The van der Waals surface area contributed by atoms with Crippen molar-refractivity contribution in [2.75, 3.05) is 74.1 Å². The number of para-hydroxylation sites is 3. The second-order valence-corrected chi connectivity index (χ2v) is 27.5. The normalized spacial score (nSPS) is 14.4. The third kappa shape index (κ3) is 17.7. The zero-order valence-electron chi connectivity index (χ0n) is 59.2. The van der Waals surface area contributed by atoms with E-state index in [2.05, 4.69) is 40.0 Å². The molecule has 13 rings (SSSR count). The predicted octanol–water partition coefficient (Wildman–Crippen LogP) is 14.4. The van der Waals surface area contributed by atoms with Crippen molar-refractivity contribution in [1.29, 1.82) is 0 Å². The molecule has 0 unspecified atom stereocenters. The van der Waals surface area contributed by atoms with E-state index in [1.807, 2.05) is 239 Å². The number of carbonyl (C=O) groups is 6. The minimum Gasteiger partial charge on any atom is -0.383 e. The summed E-state index contributed by atoms with van der Waals surface area (Å²) in [4.78, 5) is 94.1. The van der Waals surface area contributed by atoms with Crippen molar-refractivity contribution in [3.63, 3.8) is 0 Å². The predicted molar refractivity (Wildman–Crippen MR) is 399 cm³/mol. The Kier molecular flexibility index (Phi) is 24.1. The molecule has 0 saturated carbocycles. The minimum atomic E-state index is -0.0652. The van der Waals surface area contributed by atoms with Crippen molar-refractivity contribution in [2.24, 2.45) is 23.7 Å². The molecule has 10 aromatic rings. The van der Waals surface area contributed by atoms with Gasteiger partial charge < -0.3 is 47.8 Å². The van der Waals surface area contributed by atoms with Gasteiger partial charge in [0.15, 0.2) is 5.69 Å². The minimum absolute atomic E-state index is 0.00230. The van der Waals surface area contributed by atoms with E-state index in [0.29, 0.717) is 140 Å². The van der Waals surface area contributed by atoms with Gasteiger partial charge in [0.1, 0.15) is 17.1 Å². The first kappa shape index (κ1) is 71.7. The molecule has 0 spiro atoms. The lowest BCUT2D eigenvalue weighted by atomic mass is 9.95. The molecule has 0 N–H and O–H groups in total. The Morgan fingerprint density at radius 3 is 1.09 bits per heavy atom. The zero-order chi connectivity index (χ0) is 70.9. The summed E-state index contributed by atoms with van der Waals surface area (Å²) in [5, 5.41) is 3.18. The van der Waals surface area contributed by atoms with Crippen LogP contribution in [0.15, 0.2) is 206 Å². The van der Waals surface area contributed by atoms with Crippen LogP contribution >= 0.6 is 0 Å². The fourth-order valence-corrected chi connectivity index (χ4v) is 14.4. The number of piperidine rings is 3. The van der Waals surface area contributed by atoms with Crippen molar-refractivity contribution in [3.05, 3.63) is 257 Å². The lowest BCUT2D eigenvalue weighted by molar-refractivity contribution is -0.136. The van der Waals surface area contributed by atoms with Crippen LogP contribution in [-0.4, -0.2) is 153 Å². The van der Waals surface area contributed by atoms with Crippen LogP contribution in [0.25, 0.3) is 37.6 Å². The summed E-state index contributed by atoms with van der Waals surface area (Å²) in [6.45, 7) is 19.5. The summed E-state index contributed by atoms with van der Waals surface area (Å²) >= 11 is 0. The molecule has 7 aromatic carbocycles. The summed E-state index contributed by atoms with van der Waals surface area (Å²) in [5.74, 6) is 0.911.